The van der Waals surface area contributed by atoms with Crippen LogP contribution >= 0.6 is 0 Å². The predicted octanol–water partition coefficient (Wildman–Crippen LogP) is 4.25. The summed E-state index contributed by atoms with van der Waals surface area (Å²) in [4.78, 5) is 0.145. The Kier molecular flexibility index (Phi) is 5.44. The second-order valence-corrected chi connectivity index (χ2v) is 6.09. The lowest BCUT2D eigenvalue weighted by Crippen LogP contribution is -2.24. The van der Waals surface area contributed by atoms with Gasteiger partial charge < -0.3 is 4.74 Å². The lowest BCUT2D eigenvalue weighted by atomic mass is 10.3. The van der Waals surface area contributed by atoms with Crippen LogP contribution in [-0.4, -0.2) is 16.1 Å². The SMILES string of the molecule is O=S(c1ccccc1)C(F)(F)CCCOc1ccccc1. The molecule has 1 atom stereocenters. The quantitative estimate of drug-likeness (QED) is 0.715. The monoisotopic (exact) mass is 310 g/mol. The number of benzene rings is 2. The molecule has 0 saturated heterocycles. The predicted molar refractivity (Wildman–Crippen MR) is 79.0 cm³/mol. The number of hydrogen-bond acceptors (Lipinski definition) is 2. The molecule has 2 rings (SSSR count). The first kappa shape index (κ1) is 15.6. The van der Waals surface area contributed by atoms with E-state index in [1.165, 1.54) is 12.1 Å². The molecule has 0 bridgehead atoms. The first-order chi connectivity index (χ1) is 10.1. The maximum atomic E-state index is 13.9. The summed E-state index contributed by atoms with van der Waals surface area (Å²) in [5.74, 6) is 0.644. The largest absolute Gasteiger partial charge is 0.494 e. The van der Waals surface area contributed by atoms with Gasteiger partial charge in [0.05, 0.1) is 6.61 Å². The molecule has 0 amide bonds. The van der Waals surface area contributed by atoms with E-state index >= 15 is 0 Å². The smallest absolute Gasteiger partial charge is 0.325 e. The molecule has 2 aromatic carbocycles. The fourth-order valence-corrected chi connectivity index (χ4v) is 2.87. The van der Waals surface area contributed by atoms with Crippen molar-refractivity contribution >= 4 is 10.8 Å². The van der Waals surface area contributed by atoms with Gasteiger partial charge in [0.25, 0.3) is 0 Å². The number of ether oxygens (including phenoxy) is 1. The number of hydrogen-bond donors (Lipinski definition) is 0. The molecule has 0 saturated carbocycles. The summed E-state index contributed by atoms with van der Waals surface area (Å²) in [7, 11) is -2.33. The maximum Gasteiger partial charge on any atom is 0.325 e. The van der Waals surface area contributed by atoms with Gasteiger partial charge >= 0.3 is 5.25 Å². The molecule has 0 heterocycles. The van der Waals surface area contributed by atoms with Gasteiger partial charge in [0, 0.05) is 11.3 Å². The van der Waals surface area contributed by atoms with Gasteiger partial charge in [-0.25, -0.2) is 4.21 Å². The molecule has 0 radical (unpaired) electrons. The highest BCUT2D eigenvalue weighted by atomic mass is 32.2. The van der Waals surface area contributed by atoms with E-state index in [0.29, 0.717) is 5.75 Å². The molecule has 0 fully saturated rings. The molecule has 2 nitrogen and oxygen atoms in total. The van der Waals surface area contributed by atoms with Crippen molar-refractivity contribution in [2.75, 3.05) is 6.61 Å². The summed E-state index contributed by atoms with van der Waals surface area (Å²) >= 11 is 0. The van der Waals surface area contributed by atoms with Crippen LogP contribution in [0, 0.1) is 0 Å². The van der Waals surface area contributed by atoms with Crippen molar-refractivity contribution in [2.45, 2.75) is 23.0 Å². The molecule has 2 aromatic rings. The third kappa shape index (κ3) is 4.63. The summed E-state index contributed by atoms with van der Waals surface area (Å²) in [6, 6.07) is 16.8. The molecule has 0 aliphatic carbocycles. The number of halogens is 2. The molecule has 112 valence electrons. The van der Waals surface area contributed by atoms with Crippen LogP contribution < -0.4 is 4.74 Å². The highest BCUT2D eigenvalue weighted by molar-refractivity contribution is 7.86. The number of rotatable bonds is 7. The minimum Gasteiger partial charge on any atom is -0.494 e. The van der Waals surface area contributed by atoms with Crippen molar-refractivity contribution in [2.24, 2.45) is 0 Å². The molecule has 21 heavy (non-hydrogen) atoms. The Bertz CT molecular complexity index is 573. The zero-order chi connectivity index (χ0) is 15.1. The van der Waals surface area contributed by atoms with Crippen LogP contribution in [0.5, 0.6) is 5.75 Å². The highest BCUT2D eigenvalue weighted by Crippen LogP contribution is 2.29. The molecule has 5 heteroatoms. The van der Waals surface area contributed by atoms with Crippen LogP contribution in [-0.2, 0) is 10.8 Å². The molecule has 1 unspecified atom stereocenters. The Morgan fingerprint density at radius 2 is 1.52 bits per heavy atom. The van der Waals surface area contributed by atoms with Crippen molar-refractivity contribution in [3.63, 3.8) is 0 Å². The van der Waals surface area contributed by atoms with Crippen molar-refractivity contribution in [3.05, 3.63) is 60.7 Å². The van der Waals surface area contributed by atoms with E-state index in [1.807, 2.05) is 18.2 Å². The van der Waals surface area contributed by atoms with E-state index in [1.54, 1.807) is 30.3 Å². The zero-order valence-corrected chi connectivity index (χ0v) is 12.2. The summed E-state index contributed by atoms with van der Waals surface area (Å²) in [5.41, 5.74) is 0. The van der Waals surface area contributed by atoms with E-state index in [0.717, 1.165) is 0 Å². The second kappa shape index (κ2) is 7.31. The lowest BCUT2D eigenvalue weighted by Gasteiger charge is -2.16. The zero-order valence-electron chi connectivity index (χ0n) is 11.4. The maximum absolute atomic E-state index is 13.9. The minimum absolute atomic E-state index is 0.139. The first-order valence-electron chi connectivity index (χ1n) is 6.62. The minimum atomic E-state index is -3.25. The van der Waals surface area contributed by atoms with Crippen molar-refractivity contribution in [1.82, 2.24) is 0 Å². The molecular weight excluding hydrogens is 294 g/mol. The topological polar surface area (TPSA) is 26.3 Å². The summed E-state index contributed by atoms with van der Waals surface area (Å²) in [6.07, 6.45) is -0.332. The van der Waals surface area contributed by atoms with Gasteiger partial charge in [-0.2, -0.15) is 8.78 Å². The van der Waals surface area contributed by atoms with E-state index in [4.69, 9.17) is 4.74 Å². The van der Waals surface area contributed by atoms with Gasteiger partial charge in [-0.05, 0) is 30.7 Å². The van der Waals surface area contributed by atoms with Gasteiger partial charge in [-0.3, -0.25) is 0 Å². The van der Waals surface area contributed by atoms with Gasteiger partial charge in [0.1, 0.15) is 16.5 Å². The van der Waals surface area contributed by atoms with Gasteiger partial charge in [0.15, 0.2) is 0 Å². The molecule has 0 aliphatic rings. The average Bonchev–Trinajstić information content (AvgIpc) is 2.53. The fourth-order valence-electron chi connectivity index (χ4n) is 1.79. The lowest BCUT2D eigenvalue weighted by molar-refractivity contribution is 0.0808. The Hall–Kier alpha value is -1.75. The normalized spacial score (nSPS) is 12.9. The Morgan fingerprint density at radius 3 is 2.14 bits per heavy atom. The Labute approximate surface area is 125 Å². The van der Waals surface area contributed by atoms with Gasteiger partial charge in [-0.15, -0.1) is 0 Å². The fraction of sp³-hybridized carbons (Fsp3) is 0.250. The molecule has 0 spiro atoms. The summed E-state index contributed by atoms with van der Waals surface area (Å²) < 4.78 is 45.0. The van der Waals surface area contributed by atoms with Crippen LogP contribution in [0.2, 0.25) is 0 Å². The van der Waals surface area contributed by atoms with Crippen LogP contribution in [0.15, 0.2) is 65.6 Å². The molecule has 0 aromatic heterocycles. The van der Waals surface area contributed by atoms with Crippen LogP contribution in [0.25, 0.3) is 0 Å². The van der Waals surface area contributed by atoms with Crippen molar-refractivity contribution in [3.8, 4) is 5.75 Å². The number of alkyl halides is 2. The van der Waals surface area contributed by atoms with E-state index in [-0.39, 0.29) is 17.9 Å². The Balaban J connectivity index is 1.82. The second-order valence-electron chi connectivity index (χ2n) is 4.48. The molecular formula is C16H16F2O2S. The molecule has 0 aliphatic heterocycles. The first-order valence-corrected chi connectivity index (χ1v) is 7.77. The van der Waals surface area contributed by atoms with Gasteiger partial charge in [-0.1, -0.05) is 36.4 Å². The van der Waals surface area contributed by atoms with Crippen molar-refractivity contribution < 1.29 is 17.7 Å². The van der Waals surface area contributed by atoms with E-state index in [2.05, 4.69) is 0 Å². The van der Waals surface area contributed by atoms with Crippen LogP contribution in [0.1, 0.15) is 12.8 Å². The number of para-hydroxylation sites is 1. The Morgan fingerprint density at radius 1 is 0.952 bits per heavy atom. The average molecular weight is 310 g/mol. The third-order valence-corrected chi connectivity index (χ3v) is 4.30. The van der Waals surface area contributed by atoms with Gasteiger partial charge in [0.2, 0.25) is 0 Å². The van der Waals surface area contributed by atoms with Crippen LogP contribution in [0.4, 0.5) is 8.78 Å². The molecule has 0 N–H and O–H groups in total. The van der Waals surface area contributed by atoms with Crippen LogP contribution in [0.3, 0.4) is 0 Å². The van der Waals surface area contributed by atoms with Crippen molar-refractivity contribution in [1.29, 1.82) is 0 Å². The van der Waals surface area contributed by atoms with E-state index < -0.39 is 22.5 Å². The standard InChI is InChI=1S/C16H16F2O2S/c17-16(18,21(19)15-10-5-2-6-11-15)12-7-13-20-14-8-3-1-4-9-14/h1-6,8-11H,7,12-13H2. The third-order valence-electron chi connectivity index (χ3n) is 2.85. The highest BCUT2D eigenvalue weighted by Gasteiger charge is 2.37. The summed E-state index contributed by atoms with van der Waals surface area (Å²) in [6.45, 7) is 0.172. The van der Waals surface area contributed by atoms with E-state index in [9.17, 15) is 13.0 Å². The summed E-state index contributed by atoms with van der Waals surface area (Å²) in [5, 5.41) is -3.25.